The highest BCUT2D eigenvalue weighted by Crippen LogP contribution is 2.28. The molecule has 19 heavy (non-hydrogen) atoms. The molecule has 7 heteroatoms. The largest absolute Gasteiger partial charge is 0.417 e. The molecule has 1 fully saturated rings. The minimum Gasteiger partial charge on any atom is -0.307 e. The topological polar surface area (TPSA) is 63.3 Å². The Morgan fingerprint density at radius 3 is 2.47 bits per heavy atom. The fourth-order valence-electron chi connectivity index (χ4n) is 2.09. The van der Waals surface area contributed by atoms with Crippen LogP contribution < -0.4 is 11.3 Å². The number of halogens is 3. The van der Waals surface area contributed by atoms with E-state index < -0.39 is 11.7 Å². The monoisotopic (exact) mass is 272 g/mol. The van der Waals surface area contributed by atoms with Crippen LogP contribution in [0.5, 0.6) is 0 Å². The van der Waals surface area contributed by atoms with Crippen LogP contribution in [0.15, 0.2) is 23.3 Å². The second-order valence-electron chi connectivity index (χ2n) is 4.49. The zero-order chi connectivity index (χ0) is 13.9. The maximum Gasteiger partial charge on any atom is 0.417 e. The van der Waals surface area contributed by atoms with Crippen LogP contribution in [0.2, 0.25) is 0 Å². The molecule has 1 aromatic rings. The average Bonchev–Trinajstić information content (AvgIpc) is 2.88. The van der Waals surface area contributed by atoms with E-state index in [9.17, 15) is 13.2 Å². The van der Waals surface area contributed by atoms with Gasteiger partial charge in [-0.3, -0.25) is 9.98 Å². The van der Waals surface area contributed by atoms with Crippen molar-refractivity contribution in [2.75, 3.05) is 0 Å². The molecule has 0 spiro atoms. The van der Waals surface area contributed by atoms with E-state index in [1.807, 2.05) is 0 Å². The number of hydrogen-bond acceptors (Lipinski definition) is 3. The number of aromatic nitrogens is 1. The summed E-state index contributed by atoms with van der Waals surface area (Å²) < 4.78 is 37.3. The van der Waals surface area contributed by atoms with E-state index in [2.05, 4.69) is 15.4 Å². The molecule has 0 atom stereocenters. The van der Waals surface area contributed by atoms with Gasteiger partial charge in [0.05, 0.1) is 11.6 Å². The van der Waals surface area contributed by atoms with Crippen LogP contribution in [0, 0.1) is 0 Å². The van der Waals surface area contributed by atoms with Crippen molar-refractivity contribution in [1.29, 1.82) is 0 Å². The Labute approximate surface area is 108 Å². The van der Waals surface area contributed by atoms with Gasteiger partial charge < -0.3 is 5.43 Å². The van der Waals surface area contributed by atoms with E-state index in [0.29, 0.717) is 11.5 Å². The van der Waals surface area contributed by atoms with Crippen molar-refractivity contribution in [2.24, 2.45) is 10.8 Å². The van der Waals surface area contributed by atoms with E-state index in [1.165, 1.54) is 6.07 Å². The number of rotatable bonds is 2. The molecular weight excluding hydrogens is 257 g/mol. The summed E-state index contributed by atoms with van der Waals surface area (Å²) in [7, 11) is 0. The smallest absolute Gasteiger partial charge is 0.307 e. The molecule has 1 heterocycles. The molecule has 0 aromatic carbocycles. The summed E-state index contributed by atoms with van der Waals surface area (Å²) in [6, 6.07) is 2.43. The number of nitrogens with two attached hydrogens (primary N) is 1. The Hall–Kier alpha value is -1.63. The Morgan fingerprint density at radius 1 is 1.32 bits per heavy atom. The Balaban J connectivity index is 2.19. The third kappa shape index (κ3) is 3.44. The maximum absolute atomic E-state index is 12.4. The number of alkyl halides is 3. The van der Waals surface area contributed by atoms with Crippen LogP contribution in [0.25, 0.3) is 0 Å². The van der Waals surface area contributed by atoms with Gasteiger partial charge >= 0.3 is 6.18 Å². The zero-order valence-electron chi connectivity index (χ0n) is 10.2. The van der Waals surface area contributed by atoms with Crippen molar-refractivity contribution in [3.8, 4) is 0 Å². The first kappa shape index (κ1) is 13.8. The molecule has 4 nitrogen and oxygen atoms in total. The molecule has 0 bridgehead atoms. The fourth-order valence-corrected chi connectivity index (χ4v) is 2.09. The molecule has 3 N–H and O–H groups in total. The van der Waals surface area contributed by atoms with Gasteiger partial charge in [0, 0.05) is 6.20 Å². The highest BCUT2D eigenvalue weighted by molar-refractivity contribution is 5.96. The summed E-state index contributed by atoms with van der Waals surface area (Å²) in [5.41, 5.74) is 1.95. The first-order valence-corrected chi connectivity index (χ1v) is 6.09. The van der Waals surface area contributed by atoms with Crippen LogP contribution in [0.1, 0.15) is 36.9 Å². The van der Waals surface area contributed by atoms with Gasteiger partial charge in [0.1, 0.15) is 5.69 Å². The minimum absolute atomic E-state index is 0.176. The van der Waals surface area contributed by atoms with E-state index in [0.717, 1.165) is 37.9 Å². The molecule has 2 rings (SSSR count). The zero-order valence-corrected chi connectivity index (χ0v) is 10.2. The lowest BCUT2D eigenvalue weighted by Gasteiger charge is -2.10. The summed E-state index contributed by atoms with van der Waals surface area (Å²) in [4.78, 5) is 8.16. The SMILES string of the molecule is NNC(=NC1CCCC1)c1ccc(C(F)(F)F)cn1. The number of hydrazine groups is 1. The highest BCUT2D eigenvalue weighted by atomic mass is 19.4. The van der Waals surface area contributed by atoms with Gasteiger partial charge in [-0.05, 0) is 25.0 Å². The lowest BCUT2D eigenvalue weighted by molar-refractivity contribution is -0.137. The van der Waals surface area contributed by atoms with E-state index in [4.69, 9.17) is 5.84 Å². The van der Waals surface area contributed by atoms with Crippen molar-refractivity contribution >= 4 is 5.84 Å². The minimum atomic E-state index is -4.38. The highest BCUT2D eigenvalue weighted by Gasteiger charge is 2.30. The molecule has 1 aromatic heterocycles. The van der Waals surface area contributed by atoms with Crippen LogP contribution in [-0.2, 0) is 6.18 Å². The molecular formula is C12H15F3N4. The summed E-state index contributed by atoms with van der Waals surface area (Å²) >= 11 is 0. The van der Waals surface area contributed by atoms with Crippen LogP contribution in [0.4, 0.5) is 13.2 Å². The number of nitrogens with one attached hydrogen (secondary N) is 1. The van der Waals surface area contributed by atoms with Gasteiger partial charge in [0.15, 0.2) is 5.84 Å². The summed E-state index contributed by atoms with van der Waals surface area (Å²) in [6.07, 6.45) is 0.595. The van der Waals surface area contributed by atoms with Gasteiger partial charge in [-0.1, -0.05) is 12.8 Å². The quantitative estimate of drug-likeness (QED) is 0.375. The Kier molecular flexibility index (Phi) is 4.04. The van der Waals surface area contributed by atoms with E-state index in [-0.39, 0.29) is 6.04 Å². The van der Waals surface area contributed by atoms with Gasteiger partial charge in [0.25, 0.3) is 0 Å². The summed E-state index contributed by atoms with van der Waals surface area (Å²) in [5.74, 6) is 5.70. The third-order valence-corrected chi connectivity index (χ3v) is 3.11. The van der Waals surface area contributed by atoms with Gasteiger partial charge in [-0.2, -0.15) is 13.2 Å². The van der Waals surface area contributed by atoms with Crippen molar-refractivity contribution in [2.45, 2.75) is 37.9 Å². The second-order valence-corrected chi connectivity index (χ2v) is 4.49. The van der Waals surface area contributed by atoms with Crippen molar-refractivity contribution in [3.63, 3.8) is 0 Å². The van der Waals surface area contributed by atoms with Crippen LogP contribution in [0.3, 0.4) is 0 Å². The normalized spacial score (nSPS) is 17.8. The first-order valence-electron chi connectivity index (χ1n) is 6.09. The molecule has 0 unspecified atom stereocenters. The molecule has 0 aliphatic heterocycles. The molecule has 0 saturated heterocycles. The molecule has 1 aliphatic rings. The van der Waals surface area contributed by atoms with Gasteiger partial charge in [-0.15, -0.1) is 0 Å². The summed E-state index contributed by atoms with van der Waals surface area (Å²) in [6.45, 7) is 0. The lowest BCUT2D eigenvalue weighted by atomic mass is 10.2. The van der Waals surface area contributed by atoms with Crippen molar-refractivity contribution < 1.29 is 13.2 Å². The van der Waals surface area contributed by atoms with Crippen molar-refractivity contribution in [1.82, 2.24) is 10.4 Å². The van der Waals surface area contributed by atoms with Gasteiger partial charge in [0.2, 0.25) is 0 Å². The number of pyridine rings is 1. The maximum atomic E-state index is 12.4. The molecule has 1 saturated carbocycles. The Bertz CT molecular complexity index is 447. The van der Waals surface area contributed by atoms with Crippen molar-refractivity contribution in [3.05, 3.63) is 29.6 Å². The third-order valence-electron chi connectivity index (χ3n) is 3.11. The molecule has 104 valence electrons. The van der Waals surface area contributed by atoms with Gasteiger partial charge in [-0.25, -0.2) is 5.84 Å². The standard InChI is InChI=1S/C12H15F3N4/c13-12(14,15)8-5-6-10(17-7-8)11(19-16)18-9-3-1-2-4-9/h5-7,9H,1-4,16H2,(H,18,19). The second kappa shape index (κ2) is 5.56. The Morgan fingerprint density at radius 2 is 2.00 bits per heavy atom. The average molecular weight is 272 g/mol. The number of nitrogens with zero attached hydrogens (tertiary/aromatic N) is 2. The van der Waals surface area contributed by atoms with Crippen LogP contribution >= 0.6 is 0 Å². The lowest BCUT2D eigenvalue weighted by Crippen LogP contribution is -2.33. The predicted octanol–water partition coefficient (Wildman–Crippen LogP) is 2.25. The number of hydrogen-bond donors (Lipinski definition) is 2. The molecule has 1 aliphatic carbocycles. The number of aliphatic imine (C=N–C) groups is 1. The summed E-state index contributed by atoms with van der Waals surface area (Å²) in [5, 5.41) is 0. The van der Waals surface area contributed by atoms with E-state index in [1.54, 1.807) is 0 Å². The van der Waals surface area contributed by atoms with Crippen LogP contribution in [-0.4, -0.2) is 16.9 Å². The fraction of sp³-hybridized carbons (Fsp3) is 0.500. The predicted molar refractivity (Wildman–Crippen MR) is 65.4 cm³/mol. The van der Waals surface area contributed by atoms with E-state index >= 15 is 0 Å². The first-order chi connectivity index (χ1) is 9.00. The number of amidine groups is 1. The molecule has 0 radical (unpaired) electrons. The molecule has 0 amide bonds.